The largest absolute Gasteiger partial charge is 0.322 e. The summed E-state index contributed by atoms with van der Waals surface area (Å²) in [6, 6.07) is 8.17. The third-order valence-corrected chi connectivity index (χ3v) is 4.58. The number of amides is 2. The molecule has 5 nitrogen and oxygen atoms in total. The van der Waals surface area contributed by atoms with E-state index in [9.17, 15) is 4.79 Å². The third kappa shape index (κ3) is 4.48. The van der Waals surface area contributed by atoms with Crippen molar-refractivity contribution in [1.82, 2.24) is 14.9 Å². The molecule has 5 heteroatoms. The molecule has 1 aromatic heterocycles. The van der Waals surface area contributed by atoms with Crippen LogP contribution in [0.3, 0.4) is 0 Å². The lowest BCUT2D eigenvalue weighted by atomic mass is 9.99. The van der Waals surface area contributed by atoms with E-state index in [1.54, 1.807) is 18.6 Å². The van der Waals surface area contributed by atoms with Gasteiger partial charge in [0, 0.05) is 30.7 Å². The van der Waals surface area contributed by atoms with E-state index in [0.717, 1.165) is 29.8 Å². The summed E-state index contributed by atoms with van der Waals surface area (Å²) in [5.74, 6) is 0.625. The molecule has 0 aliphatic carbocycles. The van der Waals surface area contributed by atoms with Gasteiger partial charge in [-0.3, -0.25) is 9.97 Å². The first-order valence-electron chi connectivity index (χ1n) is 9.15. The van der Waals surface area contributed by atoms with Crippen molar-refractivity contribution in [2.24, 2.45) is 5.92 Å². The highest BCUT2D eigenvalue weighted by Gasteiger charge is 2.25. The van der Waals surface area contributed by atoms with Crippen LogP contribution in [0.5, 0.6) is 0 Å². The molecular weight excluding hydrogens is 324 g/mol. The summed E-state index contributed by atoms with van der Waals surface area (Å²) in [7, 11) is 0. The lowest BCUT2D eigenvalue weighted by molar-refractivity contribution is 0.198. The highest BCUT2D eigenvalue weighted by molar-refractivity contribution is 5.90. The van der Waals surface area contributed by atoms with E-state index in [1.807, 2.05) is 17.0 Å². The fourth-order valence-electron chi connectivity index (χ4n) is 3.25. The zero-order chi connectivity index (χ0) is 18.5. The predicted octanol–water partition coefficient (Wildman–Crippen LogP) is 4.38. The number of hydrogen-bond donors (Lipinski definition) is 1. The number of urea groups is 1. The molecule has 2 aromatic rings. The van der Waals surface area contributed by atoms with Crippen molar-refractivity contribution in [1.29, 1.82) is 0 Å². The Balaban J connectivity index is 1.62. The van der Waals surface area contributed by atoms with Gasteiger partial charge in [0.25, 0.3) is 0 Å². The summed E-state index contributed by atoms with van der Waals surface area (Å²) in [6.45, 7) is 7.05. The maximum Gasteiger partial charge on any atom is 0.322 e. The molecule has 0 bridgehead atoms. The molecule has 1 atom stereocenters. The van der Waals surface area contributed by atoms with Crippen LogP contribution in [-0.2, 0) is 6.42 Å². The Bertz CT molecular complexity index is 768. The van der Waals surface area contributed by atoms with Crippen molar-refractivity contribution in [2.45, 2.75) is 39.7 Å². The molecule has 0 spiro atoms. The minimum atomic E-state index is -0.0662. The van der Waals surface area contributed by atoms with Gasteiger partial charge in [0.05, 0.1) is 11.9 Å². The van der Waals surface area contributed by atoms with Gasteiger partial charge in [-0.05, 0) is 49.0 Å². The normalized spacial score (nSPS) is 17.2. The molecule has 136 valence electrons. The van der Waals surface area contributed by atoms with Crippen LogP contribution < -0.4 is 5.32 Å². The number of hydrogen-bond acceptors (Lipinski definition) is 3. The van der Waals surface area contributed by atoms with E-state index in [-0.39, 0.29) is 12.1 Å². The second-order valence-electron chi connectivity index (χ2n) is 7.25. The summed E-state index contributed by atoms with van der Waals surface area (Å²) in [5.41, 5.74) is 4.16. The van der Waals surface area contributed by atoms with Gasteiger partial charge in [-0.2, -0.15) is 0 Å². The standard InChI is InChI=1S/C21H26N4O/c1-15(2)12-17-4-6-19(7-5-17)24-21(26)25-11-8-18(13-16(25)3)20-14-22-9-10-23-20/h4-10,14-16H,11-13H2,1-3H3,(H,24,26)/t16-/m0/s1. The highest BCUT2D eigenvalue weighted by atomic mass is 16.2. The molecule has 0 saturated carbocycles. The number of rotatable bonds is 4. The maximum absolute atomic E-state index is 12.6. The van der Waals surface area contributed by atoms with Crippen molar-refractivity contribution in [3.8, 4) is 0 Å². The van der Waals surface area contributed by atoms with E-state index in [2.05, 4.69) is 54.3 Å². The van der Waals surface area contributed by atoms with Gasteiger partial charge in [0.15, 0.2) is 0 Å². The minimum absolute atomic E-state index is 0.0662. The quantitative estimate of drug-likeness (QED) is 0.890. The van der Waals surface area contributed by atoms with Crippen molar-refractivity contribution in [3.63, 3.8) is 0 Å². The van der Waals surface area contributed by atoms with Crippen LogP contribution in [0.25, 0.3) is 5.57 Å². The molecule has 3 rings (SSSR count). The second kappa shape index (κ2) is 8.13. The van der Waals surface area contributed by atoms with E-state index in [0.29, 0.717) is 12.5 Å². The molecule has 1 aromatic carbocycles. The van der Waals surface area contributed by atoms with E-state index >= 15 is 0 Å². The maximum atomic E-state index is 12.6. The number of nitrogens with one attached hydrogen (secondary N) is 1. The molecule has 0 radical (unpaired) electrons. The van der Waals surface area contributed by atoms with Crippen LogP contribution in [0.4, 0.5) is 10.5 Å². The van der Waals surface area contributed by atoms with Gasteiger partial charge < -0.3 is 10.2 Å². The molecule has 1 N–H and O–H groups in total. The molecule has 0 fully saturated rings. The Morgan fingerprint density at radius 3 is 2.65 bits per heavy atom. The Labute approximate surface area is 155 Å². The number of benzene rings is 1. The average molecular weight is 350 g/mol. The van der Waals surface area contributed by atoms with Crippen LogP contribution in [-0.4, -0.2) is 33.5 Å². The number of carbonyl (C=O) groups excluding carboxylic acids is 1. The number of aromatic nitrogens is 2. The van der Waals surface area contributed by atoms with Gasteiger partial charge in [-0.25, -0.2) is 4.79 Å². The zero-order valence-electron chi connectivity index (χ0n) is 15.6. The van der Waals surface area contributed by atoms with E-state index in [1.165, 1.54) is 5.56 Å². The summed E-state index contributed by atoms with van der Waals surface area (Å²) in [4.78, 5) is 23.0. The second-order valence-corrected chi connectivity index (χ2v) is 7.25. The van der Waals surface area contributed by atoms with Gasteiger partial charge in [0.1, 0.15) is 0 Å². The average Bonchev–Trinajstić information content (AvgIpc) is 2.63. The van der Waals surface area contributed by atoms with Crippen molar-refractivity contribution in [2.75, 3.05) is 11.9 Å². The van der Waals surface area contributed by atoms with Crippen molar-refractivity contribution >= 4 is 17.3 Å². The summed E-state index contributed by atoms with van der Waals surface area (Å²) < 4.78 is 0. The number of anilines is 1. The van der Waals surface area contributed by atoms with Crippen molar-refractivity contribution < 1.29 is 4.79 Å². The summed E-state index contributed by atoms with van der Waals surface area (Å²) >= 11 is 0. The molecular formula is C21H26N4O. The first kappa shape index (κ1) is 18.1. The first-order valence-corrected chi connectivity index (χ1v) is 9.15. The number of nitrogens with zero attached hydrogens (tertiary/aromatic N) is 3. The third-order valence-electron chi connectivity index (χ3n) is 4.58. The Kier molecular flexibility index (Phi) is 5.66. The highest BCUT2D eigenvalue weighted by Crippen LogP contribution is 2.25. The van der Waals surface area contributed by atoms with Gasteiger partial charge in [-0.1, -0.05) is 32.1 Å². The Hall–Kier alpha value is -2.69. The SMILES string of the molecule is CC(C)Cc1ccc(NC(=O)N2CC=C(c3cnccn3)C[C@@H]2C)cc1. The first-order chi connectivity index (χ1) is 12.5. The van der Waals surface area contributed by atoms with Crippen LogP contribution in [0.2, 0.25) is 0 Å². The fourth-order valence-corrected chi connectivity index (χ4v) is 3.25. The smallest absolute Gasteiger partial charge is 0.318 e. The fraction of sp³-hybridized carbons (Fsp3) is 0.381. The van der Waals surface area contributed by atoms with E-state index < -0.39 is 0 Å². The molecule has 2 heterocycles. The van der Waals surface area contributed by atoms with Crippen LogP contribution >= 0.6 is 0 Å². The Morgan fingerprint density at radius 1 is 1.27 bits per heavy atom. The van der Waals surface area contributed by atoms with Crippen LogP contribution in [0, 0.1) is 5.92 Å². The van der Waals surface area contributed by atoms with Crippen LogP contribution in [0.1, 0.15) is 38.4 Å². The van der Waals surface area contributed by atoms with Crippen molar-refractivity contribution in [3.05, 3.63) is 60.2 Å². The van der Waals surface area contributed by atoms with Gasteiger partial charge in [0.2, 0.25) is 0 Å². The summed E-state index contributed by atoms with van der Waals surface area (Å²) in [5, 5.41) is 3.01. The van der Waals surface area contributed by atoms with Crippen LogP contribution in [0.15, 0.2) is 48.9 Å². The predicted molar refractivity (Wildman–Crippen MR) is 105 cm³/mol. The minimum Gasteiger partial charge on any atom is -0.318 e. The molecule has 0 saturated heterocycles. The monoisotopic (exact) mass is 350 g/mol. The lowest BCUT2D eigenvalue weighted by Gasteiger charge is -2.32. The molecule has 0 unspecified atom stereocenters. The van der Waals surface area contributed by atoms with E-state index in [4.69, 9.17) is 0 Å². The van der Waals surface area contributed by atoms with Gasteiger partial charge >= 0.3 is 6.03 Å². The molecule has 2 amide bonds. The number of carbonyl (C=O) groups is 1. The molecule has 1 aliphatic rings. The summed E-state index contributed by atoms with van der Waals surface area (Å²) in [6.07, 6.45) is 9.03. The molecule has 1 aliphatic heterocycles. The topological polar surface area (TPSA) is 58.1 Å². The zero-order valence-corrected chi connectivity index (χ0v) is 15.6. The van der Waals surface area contributed by atoms with Gasteiger partial charge in [-0.15, -0.1) is 0 Å². The molecule has 26 heavy (non-hydrogen) atoms. The lowest BCUT2D eigenvalue weighted by Crippen LogP contribution is -2.43. The Morgan fingerprint density at radius 2 is 2.04 bits per heavy atom.